The molecule has 94 valence electrons. The fourth-order valence-corrected chi connectivity index (χ4v) is 1.87. The molecule has 1 aromatic rings. The van der Waals surface area contributed by atoms with Gasteiger partial charge in [-0.05, 0) is 44.9 Å². The Bertz CT molecular complexity index is 399. The number of carbonyl (C=O) groups excluding carboxylic acids is 1. The molecule has 3 nitrogen and oxygen atoms in total. The van der Waals surface area contributed by atoms with E-state index in [4.69, 9.17) is 5.73 Å². The lowest BCUT2D eigenvalue weighted by Gasteiger charge is -2.27. The highest BCUT2D eigenvalue weighted by molar-refractivity contribution is 5.99. The molecule has 0 aliphatic heterocycles. The van der Waals surface area contributed by atoms with Crippen LogP contribution in [0.5, 0.6) is 0 Å². The Morgan fingerprint density at radius 2 is 2.06 bits per heavy atom. The van der Waals surface area contributed by atoms with Gasteiger partial charge in [-0.2, -0.15) is 0 Å². The van der Waals surface area contributed by atoms with E-state index in [1.165, 1.54) is 0 Å². The van der Waals surface area contributed by atoms with Crippen LogP contribution in [0, 0.1) is 6.92 Å². The van der Waals surface area contributed by atoms with Crippen molar-refractivity contribution in [1.29, 1.82) is 0 Å². The summed E-state index contributed by atoms with van der Waals surface area (Å²) >= 11 is 0. The van der Waals surface area contributed by atoms with Crippen LogP contribution in [0.1, 0.15) is 43.1 Å². The summed E-state index contributed by atoms with van der Waals surface area (Å²) in [4.78, 5) is 14.2. The quantitative estimate of drug-likeness (QED) is 0.814. The molecule has 2 N–H and O–H groups in total. The van der Waals surface area contributed by atoms with Crippen molar-refractivity contribution >= 4 is 11.6 Å². The molecule has 17 heavy (non-hydrogen) atoms. The number of benzene rings is 1. The van der Waals surface area contributed by atoms with Crippen LogP contribution >= 0.6 is 0 Å². The Labute approximate surface area is 104 Å². The second kappa shape index (κ2) is 5.71. The number of hydrogen-bond acceptors (Lipinski definition) is 2. The van der Waals surface area contributed by atoms with Gasteiger partial charge in [0.05, 0.1) is 5.56 Å². The van der Waals surface area contributed by atoms with Crippen molar-refractivity contribution in [1.82, 2.24) is 4.90 Å². The van der Waals surface area contributed by atoms with Crippen LogP contribution < -0.4 is 5.73 Å². The minimum Gasteiger partial charge on any atom is -0.398 e. The molecule has 0 aliphatic carbocycles. The highest BCUT2D eigenvalue weighted by atomic mass is 16.2. The van der Waals surface area contributed by atoms with Crippen LogP contribution in [-0.4, -0.2) is 23.4 Å². The second-order valence-corrected chi connectivity index (χ2v) is 4.68. The van der Waals surface area contributed by atoms with Crippen LogP contribution in [0.15, 0.2) is 18.2 Å². The number of nitrogen functional groups attached to an aromatic ring is 1. The van der Waals surface area contributed by atoms with Gasteiger partial charge in [-0.1, -0.05) is 13.0 Å². The molecule has 0 aromatic heterocycles. The minimum atomic E-state index is 0.0272. The number of nitrogens with two attached hydrogens (primary N) is 1. The first-order valence-corrected chi connectivity index (χ1v) is 6.14. The van der Waals surface area contributed by atoms with Gasteiger partial charge < -0.3 is 10.6 Å². The van der Waals surface area contributed by atoms with E-state index in [2.05, 4.69) is 6.92 Å². The Kier molecular flexibility index (Phi) is 4.55. The van der Waals surface area contributed by atoms with Gasteiger partial charge in [-0.15, -0.1) is 0 Å². The lowest BCUT2D eigenvalue weighted by molar-refractivity contribution is 0.0707. The lowest BCUT2D eigenvalue weighted by atomic mass is 10.1. The fraction of sp³-hybridized carbons (Fsp3) is 0.500. The van der Waals surface area contributed by atoms with Gasteiger partial charge in [0.1, 0.15) is 0 Å². The molecule has 0 radical (unpaired) electrons. The molecule has 3 heteroatoms. The fourth-order valence-electron chi connectivity index (χ4n) is 1.87. The summed E-state index contributed by atoms with van der Waals surface area (Å²) < 4.78 is 0. The molecule has 0 atom stereocenters. The predicted molar refractivity (Wildman–Crippen MR) is 72.1 cm³/mol. The van der Waals surface area contributed by atoms with E-state index in [0.717, 1.165) is 18.5 Å². The van der Waals surface area contributed by atoms with E-state index in [-0.39, 0.29) is 11.9 Å². The topological polar surface area (TPSA) is 46.3 Å². The first kappa shape index (κ1) is 13.6. The molecule has 0 saturated heterocycles. The highest BCUT2D eigenvalue weighted by Crippen LogP contribution is 2.17. The Hall–Kier alpha value is -1.51. The van der Waals surface area contributed by atoms with Gasteiger partial charge in [-0.3, -0.25) is 4.79 Å². The van der Waals surface area contributed by atoms with Crippen LogP contribution in [0.25, 0.3) is 0 Å². The molecule has 0 heterocycles. The van der Waals surface area contributed by atoms with Crippen molar-refractivity contribution in [2.45, 2.75) is 40.2 Å². The molecule has 1 amide bonds. The van der Waals surface area contributed by atoms with Gasteiger partial charge in [-0.25, -0.2) is 0 Å². The van der Waals surface area contributed by atoms with Crippen LogP contribution in [-0.2, 0) is 0 Å². The highest BCUT2D eigenvalue weighted by Gasteiger charge is 2.19. The smallest absolute Gasteiger partial charge is 0.256 e. The average molecular weight is 234 g/mol. The van der Waals surface area contributed by atoms with E-state index in [0.29, 0.717) is 11.3 Å². The molecule has 0 aliphatic rings. The first-order valence-electron chi connectivity index (χ1n) is 6.14. The summed E-state index contributed by atoms with van der Waals surface area (Å²) in [7, 11) is 0. The van der Waals surface area contributed by atoms with Crippen molar-refractivity contribution in [3.05, 3.63) is 29.3 Å². The van der Waals surface area contributed by atoms with Crippen LogP contribution in [0.2, 0.25) is 0 Å². The maximum absolute atomic E-state index is 12.4. The van der Waals surface area contributed by atoms with Crippen molar-refractivity contribution in [2.24, 2.45) is 0 Å². The SMILES string of the molecule is CCCN(C(=O)c1ccc(C)cc1N)C(C)C. The third-order valence-electron chi connectivity index (χ3n) is 2.79. The standard InChI is InChI=1S/C14H22N2O/c1-5-8-16(10(2)3)14(17)12-7-6-11(4)9-13(12)15/h6-7,9-10H,5,8,15H2,1-4H3. The van der Waals surface area contributed by atoms with Gasteiger partial charge in [0.2, 0.25) is 0 Å². The zero-order valence-electron chi connectivity index (χ0n) is 11.2. The summed E-state index contributed by atoms with van der Waals surface area (Å²) in [6.45, 7) is 8.86. The molecule has 0 unspecified atom stereocenters. The molecule has 0 fully saturated rings. The van der Waals surface area contributed by atoms with Crippen molar-refractivity contribution in [3.8, 4) is 0 Å². The van der Waals surface area contributed by atoms with Crippen molar-refractivity contribution in [3.63, 3.8) is 0 Å². The molecular weight excluding hydrogens is 212 g/mol. The maximum Gasteiger partial charge on any atom is 0.256 e. The van der Waals surface area contributed by atoms with E-state index >= 15 is 0 Å². The molecular formula is C14H22N2O. The number of aryl methyl sites for hydroxylation is 1. The number of carbonyl (C=O) groups is 1. The monoisotopic (exact) mass is 234 g/mol. The molecule has 0 bridgehead atoms. The number of hydrogen-bond donors (Lipinski definition) is 1. The number of rotatable bonds is 4. The van der Waals surface area contributed by atoms with Crippen molar-refractivity contribution < 1.29 is 4.79 Å². The summed E-state index contributed by atoms with van der Waals surface area (Å²) in [5.41, 5.74) is 8.16. The maximum atomic E-state index is 12.4. The minimum absolute atomic E-state index is 0.0272. The normalized spacial score (nSPS) is 10.6. The van der Waals surface area contributed by atoms with Crippen LogP contribution in [0.4, 0.5) is 5.69 Å². The van der Waals surface area contributed by atoms with E-state index < -0.39 is 0 Å². The van der Waals surface area contributed by atoms with Crippen LogP contribution in [0.3, 0.4) is 0 Å². The third kappa shape index (κ3) is 3.22. The van der Waals surface area contributed by atoms with E-state index in [1.807, 2.05) is 43.9 Å². The molecule has 0 spiro atoms. The molecule has 0 saturated carbocycles. The van der Waals surface area contributed by atoms with E-state index in [9.17, 15) is 4.79 Å². The number of anilines is 1. The zero-order chi connectivity index (χ0) is 13.0. The Morgan fingerprint density at radius 3 is 2.53 bits per heavy atom. The summed E-state index contributed by atoms with van der Waals surface area (Å²) in [5, 5.41) is 0. The van der Waals surface area contributed by atoms with Crippen molar-refractivity contribution in [2.75, 3.05) is 12.3 Å². The van der Waals surface area contributed by atoms with Gasteiger partial charge in [0.25, 0.3) is 5.91 Å². The summed E-state index contributed by atoms with van der Waals surface area (Å²) in [6, 6.07) is 5.78. The number of amides is 1. The largest absolute Gasteiger partial charge is 0.398 e. The second-order valence-electron chi connectivity index (χ2n) is 4.68. The molecule has 1 aromatic carbocycles. The summed E-state index contributed by atoms with van der Waals surface area (Å²) in [5.74, 6) is 0.0272. The third-order valence-corrected chi connectivity index (χ3v) is 2.79. The lowest BCUT2D eigenvalue weighted by Crippen LogP contribution is -2.37. The van der Waals surface area contributed by atoms with Gasteiger partial charge in [0, 0.05) is 18.3 Å². The Morgan fingerprint density at radius 1 is 1.41 bits per heavy atom. The summed E-state index contributed by atoms with van der Waals surface area (Å²) in [6.07, 6.45) is 0.954. The number of nitrogens with zero attached hydrogens (tertiary/aromatic N) is 1. The van der Waals surface area contributed by atoms with Gasteiger partial charge in [0.15, 0.2) is 0 Å². The Balaban J connectivity index is 3.01. The van der Waals surface area contributed by atoms with E-state index in [1.54, 1.807) is 0 Å². The zero-order valence-corrected chi connectivity index (χ0v) is 11.2. The average Bonchev–Trinajstić information content (AvgIpc) is 2.24. The first-order chi connectivity index (χ1) is 7.97. The molecule has 1 rings (SSSR count). The van der Waals surface area contributed by atoms with Gasteiger partial charge >= 0.3 is 0 Å². The predicted octanol–water partition coefficient (Wildman–Crippen LogP) is 2.84.